The minimum atomic E-state index is -1.04. The van der Waals surface area contributed by atoms with Gasteiger partial charge in [0.2, 0.25) is 5.91 Å². The first-order chi connectivity index (χ1) is 9.57. The lowest BCUT2D eigenvalue weighted by molar-refractivity contribution is -0.150. The molecule has 3 N–H and O–H groups in total. The molecule has 20 heavy (non-hydrogen) atoms. The topological polar surface area (TPSA) is 78.4 Å². The second-order valence-electron chi connectivity index (χ2n) is 6.23. The number of rotatable bonds is 4. The van der Waals surface area contributed by atoms with Crippen LogP contribution in [0.2, 0.25) is 0 Å². The highest BCUT2D eigenvalue weighted by Crippen LogP contribution is 2.34. The highest BCUT2D eigenvalue weighted by Gasteiger charge is 2.43. The van der Waals surface area contributed by atoms with E-state index in [4.69, 9.17) is 0 Å². The molecule has 0 aromatic heterocycles. The van der Waals surface area contributed by atoms with Gasteiger partial charge in [0.05, 0.1) is 6.04 Å². The van der Waals surface area contributed by atoms with Crippen molar-refractivity contribution in [1.82, 2.24) is 10.6 Å². The first-order valence-electron chi connectivity index (χ1n) is 7.86. The van der Waals surface area contributed by atoms with E-state index in [1.165, 1.54) is 0 Å². The van der Waals surface area contributed by atoms with Crippen LogP contribution in [-0.4, -0.2) is 35.1 Å². The lowest BCUT2D eigenvalue weighted by atomic mass is 9.75. The van der Waals surface area contributed by atoms with Crippen LogP contribution >= 0.6 is 0 Å². The van der Waals surface area contributed by atoms with E-state index in [0.29, 0.717) is 18.8 Å². The van der Waals surface area contributed by atoms with Gasteiger partial charge in [0.25, 0.3) is 0 Å². The number of piperidine rings is 1. The summed E-state index contributed by atoms with van der Waals surface area (Å²) in [7, 11) is 0. The van der Waals surface area contributed by atoms with Gasteiger partial charge in [0.15, 0.2) is 0 Å². The normalized spacial score (nSPS) is 34.5. The van der Waals surface area contributed by atoms with Gasteiger partial charge in [0, 0.05) is 0 Å². The third kappa shape index (κ3) is 3.32. The van der Waals surface area contributed by atoms with E-state index < -0.39 is 11.5 Å². The van der Waals surface area contributed by atoms with Crippen molar-refractivity contribution in [2.24, 2.45) is 5.92 Å². The van der Waals surface area contributed by atoms with Gasteiger partial charge in [-0.1, -0.05) is 19.8 Å². The van der Waals surface area contributed by atoms with Crippen LogP contribution < -0.4 is 10.6 Å². The fourth-order valence-electron chi connectivity index (χ4n) is 3.37. The molecule has 1 heterocycles. The molecule has 1 saturated heterocycles. The van der Waals surface area contributed by atoms with Crippen molar-refractivity contribution in [1.29, 1.82) is 0 Å². The van der Waals surface area contributed by atoms with Gasteiger partial charge in [-0.05, 0) is 51.0 Å². The number of hydrogen-bond acceptors (Lipinski definition) is 3. The maximum atomic E-state index is 12.3. The molecule has 2 aliphatic rings. The summed E-state index contributed by atoms with van der Waals surface area (Å²) in [5.74, 6) is -0.412. The Hall–Kier alpha value is -1.10. The average molecular weight is 282 g/mol. The zero-order chi connectivity index (χ0) is 14.6. The molecule has 1 atom stereocenters. The van der Waals surface area contributed by atoms with Gasteiger partial charge in [-0.25, -0.2) is 4.79 Å². The van der Waals surface area contributed by atoms with E-state index in [0.717, 1.165) is 45.1 Å². The molecule has 1 amide bonds. The number of carboxylic acid groups (broad SMARTS) is 1. The van der Waals surface area contributed by atoms with Crippen LogP contribution in [0.15, 0.2) is 0 Å². The Morgan fingerprint density at radius 2 is 1.95 bits per heavy atom. The average Bonchev–Trinajstić information content (AvgIpc) is 2.48. The highest BCUT2D eigenvalue weighted by atomic mass is 16.4. The summed E-state index contributed by atoms with van der Waals surface area (Å²) in [6.07, 6.45) is 6.91. The number of amides is 1. The number of carbonyl (C=O) groups excluding carboxylic acids is 1. The second-order valence-corrected chi connectivity index (χ2v) is 6.23. The van der Waals surface area contributed by atoms with Crippen molar-refractivity contribution in [3.05, 3.63) is 0 Å². The lowest BCUT2D eigenvalue weighted by Gasteiger charge is -2.38. The molecule has 1 aliphatic carbocycles. The number of nitrogens with one attached hydrogen (secondary N) is 2. The molecule has 114 valence electrons. The van der Waals surface area contributed by atoms with E-state index in [1.807, 2.05) is 0 Å². The van der Waals surface area contributed by atoms with Crippen LogP contribution in [0.3, 0.4) is 0 Å². The predicted molar refractivity (Wildman–Crippen MR) is 76.4 cm³/mol. The standard InChI is InChI=1S/C15H26N2O3/c1-2-11-6-8-15(9-7-11,14(19)20)17-13(18)12-5-3-4-10-16-12/h11-12,16H,2-10H2,1H3,(H,17,18)(H,19,20). The van der Waals surface area contributed by atoms with Crippen molar-refractivity contribution in [3.8, 4) is 0 Å². The van der Waals surface area contributed by atoms with Crippen molar-refractivity contribution >= 4 is 11.9 Å². The molecule has 2 fully saturated rings. The van der Waals surface area contributed by atoms with Gasteiger partial charge >= 0.3 is 5.97 Å². The number of hydrogen-bond donors (Lipinski definition) is 3. The maximum absolute atomic E-state index is 12.3. The minimum absolute atomic E-state index is 0.137. The summed E-state index contributed by atoms with van der Waals surface area (Å²) in [6, 6.07) is -0.219. The third-order valence-electron chi connectivity index (χ3n) is 4.93. The number of carbonyl (C=O) groups is 2. The van der Waals surface area contributed by atoms with E-state index in [1.54, 1.807) is 0 Å². The van der Waals surface area contributed by atoms with Gasteiger partial charge in [-0.15, -0.1) is 0 Å². The molecule has 5 heteroatoms. The molecular formula is C15H26N2O3. The molecular weight excluding hydrogens is 256 g/mol. The largest absolute Gasteiger partial charge is 0.480 e. The van der Waals surface area contributed by atoms with Crippen LogP contribution in [0.1, 0.15) is 58.3 Å². The van der Waals surface area contributed by atoms with Crippen LogP contribution in [0.25, 0.3) is 0 Å². The minimum Gasteiger partial charge on any atom is -0.480 e. The third-order valence-corrected chi connectivity index (χ3v) is 4.93. The Morgan fingerprint density at radius 1 is 1.25 bits per heavy atom. The van der Waals surface area contributed by atoms with Gasteiger partial charge < -0.3 is 15.7 Å². The Labute approximate surface area is 120 Å². The molecule has 0 spiro atoms. The van der Waals surface area contributed by atoms with E-state index >= 15 is 0 Å². The van der Waals surface area contributed by atoms with Gasteiger partial charge in [-0.2, -0.15) is 0 Å². The smallest absolute Gasteiger partial charge is 0.329 e. The summed E-state index contributed by atoms with van der Waals surface area (Å²) in [6.45, 7) is 2.99. The maximum Gasteiger partial charge on any atom is 0.329 e. The zero-order valence-electron chi connectivity index (χ0n) is 12.3. The van der Waals surface area contributed by atoms with Crippen molar-refractivity contribution in [2.45, 2.75) is 69.9 Å². The summed E-state index contributed by atoms with van der Waals surface area (Å²) in [4.78, 5) is 23.9. The van der Waals surface area contributed by atoms with Crippen LogP contribution in [0.5, 0.6) is 0 Å². The summed E-state index contributed by atoms with van der Waals surface area (Å²) >= 11 is 0. The summed E-state index contributed by atoms with van der Waals surface area (Å²) < 4.78 is 0. The fourth-order valence-corrected chi connectivity index (χ4v) is 3.37. The van der Waals surface area contributed by atoms with E-state index in [9.17, 15) is 14.7 Å². The van der Waals surface area contributed by atoms with Crippen molar-refractivity contribution < 1.29 is 14.7 Å². The zero-order valence-corrected chi connectivity index (χ0v) is 12.3. The van der Waals surface area contributed by atoms with E-state index in [-0.39, 0.29) is 11.9 Å². The first-order valence-corrected chi connectivity index (χ1v) is 7.86. The van der Waals surface area contributed by atoms with Gasteiger partial charge in [-0.3, -0.25) is 4.79 Å². The van der Waals surface area contributed by atoms with Crippen molar-refractivity contribution in [3.63, 3.8) is 0 Å². The summed E-state index contributed by atoms with van der Waals surface area (Å²) in [5, 5.41) is 15.6. The summed E-state index contributed by atoms with van der Waals surface area (Å²) in [5.41, 5.74) is -1.04. The first kappa shape index (κ1) is 15.3. The Bertz CT molecular complexity index is 356. The van der Waals surface area contributed by atoms with Crippen LogP contribution in [-0.2, 0) is 9.59 Å². The Morgan fingerprint density at radius 3 is 2.45 bits per heavy atom. The number of aliphatic carboxylic acids is 1. The van der Waals surface area contributed by atoms with Crippen molar-refractivity contribution in [2.75, 3.05) is 6.54 Å². The van der Waals surface area contributed by atoms with Gasteiger partial charge in [0.1, 0.15) is 5.54 Å². The SMILES string of the molecule is CCC1CCC(NC(=O)C2CCCCN2)(C(=O)O)CC1. The number of carboxylic acids is 1. The van der Waals surface area contributed by atoms with Crippen LogP contribution in [0, 0.1) is 5.92 Å². The quantitative estimate of drug-likeness (QED) is 0.733. The van der Waals surface area contributed by atoms with E-state index in [2.05, 4.69) is 17.6 Å². The molecule has 5 nitrogen and oxygen atoms in total. The molecule has 0 radical (unpaired) electrons. The van der Waals surface area contributed by atoms with Crippen LogP contribution in [0.4, 0.5) is 0 Å². The molecule has 0 aromatic rings. The molecule has 1 unspecified atom stereocenters. The molecule has 1 aliphatic heterocycles. The highest BCUT2D eigenvalue weighted by molar-refractivity contribution is 5.89. The molecule has 0 bridgehead atoms. The second kappa shape index (κ2) is 6.57. The molecule has 1 saturated carbocycles. The Balaban J connectivity index is 1.98. The molecule has 2 rings (SSSR count). The Kier molecular flexibility index (Phi) is 5.02. The predicted octanol–water partition coefficient (Wildman–Crippen LogP) is 1.67. The lowest BCUT2D eigenvalue weighted by Crippen LogP contribution is -2.60. The molecule has 0 aromatic carbocycles. The fraction of sp³-hybridized carbons (Fsp3) is 0.867. The monoisotopic (exact) mass is 282 g/mol.